The SMILES string of the molecule is CCc1cc2c(NCC(=O)NCc3ccccc3F)ncnc2s1. The highest BCUT2D eigenvalue weighted by Gasteiger charge is 2.09. The number of halogens is 1. The maximum atomic E-state index is 13.5. The first-order chi connectivity index (χ1) is 11.7. The molecule has 0 spiro atoms. The van der Waals surface area contributed by atoms with Crippen molar-refractivity contribution in [1.29, 1.82) is 0 Å². The summed E-state index contributed by atoms with van der Waals surface area (Å²) in [6, 6.07) is 8.42. The molecule has 0 bridgehead atoms. The van der Waals surface area contributed by atoms with Crippen molar-refractivity contribution in [3.8, 4) is 0 Å². The minimum Gasteiger partial charge on any atom is -0.360 e. The maximum absolute atomic E-state index is 13.5. The maximum Gasteiger partial charge on any atom is 0.239 e. The second-order valence-corrected chi connectivity index (χ2v) is 6.34. The van der Waals surface area contributed by atoms with E-state index < -0.39 is 0 Å². The second kappa shape index (κ2) is 7.35. The number of fused-ring (bicyclic) bond motifs is 1. The zero-order valence-electron chi connectivity index (χ0n) is 13.2. The van der Waals surface area contributed by atoms with E-state index in [0.717, 1.165) is 16.6 Å². The summed E-state index contributed by atoms with van der Waals surface area (Å²) < 4.78 is 13.5. The van der Waals surface area contributed by atoms with Gasteiger partial charge in [0.2, 0.25) is 5.91 Å². The quantitative estimate of drug-likeness (QED) is 0.721. The highest BCUT2D eigenvalue weighted by atomic mass is 32.1. The molecule has 0 saturated heterocycles. The van der Waals surface area contributed by atoms with Crippen LogP contribution in [-0.2, 0) is 17.8 Å². The summed E-state index contributed by atoms with van der Waals surface area (Å²) in [5, 5.41) is 6.64. The molecule has 124 valence electrons. The number of nitrogens with zero attached hydrogens (tertiary/aromatic N) is 2. The highest BCUT2D eigenvalue weighted by molar-refractivity contribution is 7.18. The summed E-state index contributed by atoms with van der Waals surface area (Å²) in [6.45, 7) is 2.31. The van der Waals surface area contributed by atoms with Crippen LogP contribution in [0.1, 0.15) is 17.4 Å². The van der Waals surface area contributed by atoms with Gasteiger partial charge in [0.1, 0.15) is 22.8 Å². The average Bonchev–Trinajstić information content (AvgIpc) is 3.03. The van der Waals surface area contributed by atoms with Crippen molar-refractivity contribution >= 4 is 33.3 Å². The Morgan fingerprint density at radius 3 is 2.92 bits per heavy atom. The third-order valence-electron chi connectivity index (χ3n) is 3.58. The Kier molecular flexibility index (Phi) is 5.00. The molecule has 3 aromatic rings. The fraction of sp³-hybridized carbons (Fsp3) is 0.235. The molecule has 0 fully saturated rings. The van der Waals surface area contributed by atoms with Gasteiger partial charge < -0.3 is 10.6 Å². The molecule has 0 aliphatic rings. The van der Waals surface area contributed by atoms with Crippen LogP contribution in [0.2, 0.25) is 0 Å². The molecule has 0 aliphatic heterocycles. The molecule has 24 heavy (non-hydrogen) atoms. The molecule has 1 amide bonds. The number of carbonyl (C=O) groups excluding carboxylic acids is 1. The van der Waals surface area contributed by atoms with Crippen molar-refractivity contribution in [1.82, 2.24) is 15.3 Å². The largest absolute Gasteiger partial charge is 0.360 e. The molecular formula is C17H17FN4OS. The Morgan fingerprint density at radius 1 is 1.29 bits per heavy atom. The van der Waals surface area contributed by atoms with E-state index in [1.165, 1.54) is 17.3 Å². The van der Waals surface area contributed by atoms with Crippen molar-refractivity contribution in [3.63, 3.8) is 0 Å². The Labute approximate surface area is 143 Å². The van der Waals surface area contributed by atoms with E-state index in [0.29, 0.717) is 11.4 Å². The normalized spacial score (nSPS) is 10.8. The zero-order valence-corrected chi connectivity index (χ0v) is 14.0. The van der Waals surface area contributed by atoms with E-state index in [1.807, 2.05) is 6.07 Å². The van der Waals surface area contributed by atoms with Crippen molar-refractivity contribution < 1.29 is 9.18 Å². The first-order valence-electron chi connectivity index (χ1n) is 7.64. The highest BCUT2D eigenvalue weighted by Crippen LogP contribution is 2.28. The first-order valence-corrected chi connectivity index (χ1v) is 8.46. The molecule has 5 nitrogen and oxygen atoms in total. The minimum atomic E-state index is -0.325. The van der Waals surface area contributed by atoms with Gasteiger partial charge in [-0.15, -0.1) is 11.3 Å². The van der Waals surface area contributed by atoms with Gasteiger partial charge in [0, 0.05) is 17.0 Å². The van der Waals surface area contributed by atoms with Crippen LogP contribution in [0, 0.1) is 5.82 Å². The number of thiophene rings is 1. The molecular weight excluding hydrogens is 327 g/mol. The lowest BCUT2D eigenvalue weighted by Gasteiger charge is -2.08. The predicted molar refractivity (Wildman–Crippen MR) is 93.5 cm³/mol. The van der Waals surface area contributed by atoms with E-state index >= 15 is 0 Å². The van der Waals surface area contributed by atoms with Gasteiger partial charge in [-0.1, -0.05) is 25.1 Å². The van der Waals surface area contributed by atoms with E-state index in [2.05, 4.69) is 27.5 Å². The van der Waals surface area contributed by atoms with Gasteiger partial charge in [-0.3, -0.25) is 4.79 Å². The topological polar surface area (TPSA) is 66.9 Å². The molecule has 0 atom stereocenters. The van der Waals surface area contributed by atoms with Crippen molar-refractivity contribution in [3.05, 3.63) is 52.9 Å². The van der Waals surface area contributed by atoms with Crippen molar-refractivity contribution in [2.24, 2.45) is 0 Å². The van der Waals surface area contributed by atoms with Crippen LogP contribution in [0.15, 0.2) is 36.7 Å². The summed E-state index contributed by atoms with van der Waals surface area (Å²) in [5.41, 5.74) is 0.459. The van der Waals surface area contributed by atoms with E-state index in [-0.39, 0.29) is 24.8 Å². The summed E-state index contributed by atoms with van der Waals surface area (Å²) in [7, 11) is 0. The van der Waals surface area contributed by atoms with Crippen LogP contribution in [0.5, 0.6) is 0 Å². The number of aromatic nitrogens is 2. The summed E-state index contributed by atoms with van der Waals surface area (Å²) >= 11 is 1.62. The van der Waals surface area contributed by atoms with Crippen LogP contribution >= 0.6 is 11.3 Å². The Bertz CT molecular complexity index is 865. The standard InChI is InChI=1S/C17H17FN4OS/c1-2-12-7-13-16(21-10-22-17(13)24-12)20-9-15(23)19-8-11-5-3-4-6-14(11)18/h3-7,10H,2,8-9H2,1H3,(H,19,23)(H,20,21,22). The Balaban J connectivity index is 1.60. The first kappa shape index (κ1) is 16.3. The smallest absolute Gasteiger partial charge is 0.239 e. The van der Waals surface area contributed by atoms with E-state index in [9.17, 15) is 9.18 Å². The summed E-state index contributed by atoms with van der Waals surface area (Å²) in [5.74, 6) is 0.0848. The second-order valence-electron chi connectivity index (χ2n) is 5.23. The van der Waals surface area contributed by atoms with Gasteiger partial charge in [0.15, 0.2) is 0 Å². The van der Waals surface area contributed by atoms with Gasteiger partial charge >= 0.3 is 0 Å². The number of amides is 1. The van der Waals surface area contributed by atoms with Gasteiger partial charge in [0.05, 0.1) is 11.9 Å². The van der Waals surface area contributed by atoms with Crippen molar-refractivity contribution in [2.45, 2.75) is 19.9 Å². The third-order valence-corrected chi connectivity index (χ3v) is 4.77. The predicted octanol–water partition coefficient (Wildman–Crippen LogP) is 3.12. The number of anilines is 1. The molecule has 2 N–H and O–H groups in total. The molecule has 0 aliphatic carbocycles. The van der Waals surface area contributed by atoms with E-state index in [1.54, 1.807) is 29.5 Å². The lowest BCUT2D eigenvalue weighted by Crippen LogP contribution is -2.29. The van der Waals surface area contributed by atoms with Gasteiger partial charge in [-0.25, -0.2) is 14.4 Å². The van der Waals surface area contributed by atoms with Crippen LogP contribution in [0.4, 0.5) is 10.2 Å². The number of benzene rings is 1. The number of rotatable bonds is 6. The average molecular weight is 344 g/mol. The van der Waals surface area contributed by atoms with Crippen molar-refractivity contribution in [2.75, 3.05) is 11.9 Å². The van der Waals surface area contributed by atoms with E-state index in [4.69, 9.17) is 0 Å². The number of nitrogens with one attached hydrogen (secondary N) is 2. The third kappa shape index (κ3) is 3.68. The molecule has 7 heteroatoms. The number of aryl methyl sites for hydroxylation is 1. The minimum absolute atomic E-state index is 0.0673. The molecule has 0 unspecified atom stereocenters. The van der Waals surface area contributed by atoms with Crippen LogP contribution in [0.25, 0.3) is 10.2 Å². The number of hydrogen-bond acceptors (Lipinski definition) is 5. The molecule has 1 aromatic carbocycles. The Morgan fingerprint density at radius 2 is 2.12 bits per heavy atom. The molecule has 0 radical (unpaired) electrons. The van der Waals surface area contributed by atoms with Gasteiger partial charge in [0.25, 0.3) is 0 Å². The fourth-order valence-corrected chi connectivity index (χ4v) is 3.22. The molecule has 2 aromatic heterocycles. The monoisotopic (exact) mass is 344 g/mol. The lowest BCUT2D eigenvalue weighted by atomic mass is 10.2. The lowest BCUT2D eigenvalue weighted by molar-refractivity contribution is -0.119. The van der Waals surface area contributed by atoms with Gasteiger partial charge in [-0.2, -0.15) is 0 Å². The number of carbonyl (C=O) groups is 1. The molecule has 0 saturated carbocycles. The summed E-state index contributed by atoms with van der Waals surface area (Å²) in [4.78, 5) is 22.5. The zero-order chi connectivity index (χ0) is 16.9. The fourth-order valence-electron chi connectivity index (χ4n) is 2.28. The number of hydrogen-bond donors (Lipinski definition) is 2. The van der Waals surface area contributed by atoms with Crippen LogP contribution < -0.4 is 10.6 Å². The van der Waals surface area contributed by atoms with Crippen LogP contribution in [0.3, 0.4) is 0 Å². The molecule has 2 heterocycles. The van der Waals surface area contributed by atoms with Gasteiger partial charge in [-0.05, 0) is 18.6 Å². The van der Waals surface area contributed by atoms with Crippen LogP contribution in [-0.4, -0.2) is 22.4 Å². The summed E-state index contributed by atoms with van der Waals surface area (Å²) in [6.07, 6.45) is 2.42. The molecule has 3 rings (SSSR count). The Hall–Kier alpha value is -2.54.